The number of imidazole rings is 1. The monoisotopic (exact) mass is 371 g/mol. The van der Waals surface area contributed by atoms with Gasteiger partial charge < -0.3 is 29.1 Å². The van der Waals surface area contributed by atoms with E-state index in [1.807, 2.05) is 0 Å². The molecule has 0 radical (unpaired) electrons. The Kier molecular flexibility index (Phi) is 5.87. The van der Waals surface area contributed by atoms with Gasteiger partial charge in [-0.1, -0.05) is 4.98 Å². The lowest BCUT2D eigenvalue weighted by Crippen LogP contribution is -2.40. The van der Waals surface area contributed by atoms with Crippen molar-refractivity contribution >= 4 is 23.9 Å². The van der Waals surface area contributed by atoms with E-state index in [-0.39, 0.29) is 6.61 Å². The first-order valence-corrected chi connectivity index (χ1v) is 7.51. The number of carbonyl (C=O) groups excluding carboxylic acids is 3. The van der Waals surface area contributed by atoms with Crippen LogP contribution in [0.3, 0.4) is 0 Å². The first kappa shape index (κ1) is 19.3. The highest BCUT2D eigenvalue weighted by atomic mass is 16.7. The Morgan fingerprint density at radius 3 is 2.35 bits per heavy atom. The molecule has 1 saturated heterocycles. The lowest BCUT2D eigenvalue weighted by atomic mass is 10.1. The van der Waals surface area contributed by atoms with Gasteiger partial charge in [0, 0.05) is 20.8 Å². The van der Waals surface area contributed by atoms with E-state index in [1.54, 1.807) is 0 Å². The minimum Gasteiger partial charge on any atom is -0.463 e. The molecule has 0 bridgehead atoms. The van der Waals surface area contributed by atoms with Crippen LogP contribution >= 0.6 is 0 Å². The van der Waals surface area contributed by atoms with E-state index in [4.69, 9.17) is 18.9 Å². The SMILES string of the molecule is CC(=O)OC[C@H]1OC(n2ccnc2[N+](=O)[O-])[C@H](OC(C)=O)[C@@H]1OC(C)=O. The highest BCUT2D eigenvalue weighted by Gasteiger charge is 2.53. The molecule has 1 aromatic rings. The van der Waals surface area contributed by atoms with Crippen molar-refractivity contribution in [1.29, 1.82) is 0 Å². The van der Waals surface area contributed by atoms with Crippen molar-refractivity contribution in [2.45, 2.75) is 45.3 Å². The summed E-state index contributed by atoms with van der Waals surface area (Å²) in [4.78, 5) is 48.0. The Labute approximate surface area is 147 Å². The number of nitrogens with zero attached hydrogens (tertiary/aromatic N) is 3. The molecule has 1 aromatic heterocycles. The maximum atomic E-state index is 11.5. The molecule has 0 N–H and O–H groups in total. The molecule has 26 heavy (non-hydrogen) atoms. The van der Waals surface area contributed by atoms with Gasteiger partial charge in [-0.15, -0.1) is 0 Å². The topological polar surface area (TPSA) is 149 Å². The van der Waals surface area contributed by atoms with Crippen LogP contribution in [-0.2, 0) is 33.3 Å². The van der Waals surface area contributed by atoms with Crippen molar-refractivity contribution in [2.24, 2.45) is 0 Å². The molecule has 1 aliphatic heterocycles. The van der Waals surface area contributed by atoms with Crippen LogP contribution in [0.5, 0.6) is 0 Å². The summed E-state index contributed by atoms with van der Waals surface area (Å²) >= 11 is 0. The zero-order chi connectivity index (χ0) is 19.4. The van der Waals surface area contributed by atoms with Crippen LogP contribution in [0.25, 0.3) is 0 Å². The predicted octanol–water partition coefficient (Wildman–Crippen LogP) is 0.115. The van der Waals surface area contributed by atoms with Gasteiger partial charge in [-0.2, -0.15) is 4.57 Å². The second kappa shape index (κ2) is 7.91. The van der Waals surface area contributed by atoms with E-state index in [0.717, 1.165) is 18.4 Å². The average Bonchev–Trinajstić information content (AvgIpc) is 3.10. The van der Waals surface area contributed by atoms with E-state index < -0.39 is 53.3 Å². The smallest absolute Gasteiger partial charge is 0.436 e. The van der Waals surface area contributed by atoms with Crippen LogP contribution in [0.4, 0.5) is 5.95 Å². The normalized spacial score (nSPS) is 24.7. The molecule has 142 valence electrons. The molecule has 1 unspecified atom stereocenters. The lowest BCUT2D eigenvalue weighted by Gasteiger charge is -2.22. The maximum absolute atomic E-state index is 11.5. The highest BCUT2D eigenvalue weighted by Crippen LogP contribution is 2.36. The molecule has 2 heterocycles. The van der Waals surface area contributed by atoms with Crippen molar-refractivity contribution < 1.29 is 38.3 Å². The zero-order valence-electron chi connectivity index (χ0n) is 14.2. The Hall–Kier alpha value is -3.02. The Balaban J connectivity index is 2.39. The molecule has 1 aliphatic rings. The van der Waals surface area contributed by atoms with Gasteiger partial charge in [0.05, 0.1) is 0 Å². The fraction of sp³-hybridized carbons (Fsp3) is 0.571. The van der Waals surface area contributed by atoms with Gasteiger partial charge in [-0.05, 0) is 4.92 Å². The molecule has 0 amide bonds. The third-order valence-electron chi connectivity index (χ3n) is 3.43. The fourth-order valence-electron chi connectivity index (χ4n) is 2.56. The van der Waals surface area contributed by atoms with Crippen LogP contribution < -0.4 is 0 Å². The Bertz CT molecular complexity index is 716. The first-order valence-electron chi connectivity index (χ1n) is 7.51. The van der Waals surface area contributed by atoms with Crippen LogP contribution in [0.2, 0.25) is 0 Å². The second-order valence-corrected chi connectivity index (χ2v) is 5.41. The molecule has 4 atom stereocenters. The molecule has 0 spiro atoms. The minimum atomic E-state index is -1.20. The van der Waals surface area contributed by atoms with Crippen molar-refractivity contribution in [2.75, 3.05) is 6.61 Å². The summed E-state index contributed by atoms with van der Waals surface area (Å²) < 4.78 is 21.9. The lowest BCUT2D eigenvalue weighted by molar-refractivity contribution is -0.398. The predicted molar refractivity (Wildman–Crippen MR) is 80.5 cm³/mol. The molecule has 0 aliphatic carbocycles. The molecular formula is C14H17N3O9. The van der Waals surface area contributed by atoms with Gasteiger partial charge in [-0.3, -0.25) is 14.4 Å². The van der Waals surface area contributed by atoms with E-state index in [9.17, 15) is 24.5 Å². The number of carbonyl (C=O) groups is 3. The molecule has 0 saturated carbocycles. The van der Waals surface area contributed by atoms with Crippen LogP contribution in [0, 0.1) is 10.1 Å². The van der Waals surface area contributed by atoms with Gasteiger partial charge >= 0.3 is 23.9 Å². The number of rotatable bonds is 6. The summed E-state index contributed by atoms with van der Waals surface area (Å²) in [7, 11) is 0. The van der Waals surface area contributed by atoms with Crippen LogP contribution in [0.15, 0.2) is 12.4 Å². The Morgan fingerprint density at radius 2 is 1.81 bits per heavy atom. The van der Waals surface area contributed by atoms with Gasteiger partial charge in [0.25, 0.3) is 0 Å². The van der Waals surface area contributed by atoms with E-state index >= 15 is 0 Å². The molecule has 2 rings (SSSR count). The summed E-state index contributed by atoms with van der Waals surface area (Å²) in [6, 6.07) is 0. The molecular weight excluding hydrogens is 354 g/mol. The van der Waals surface area contributed by atoms with E-state index in [1.165, 1.54) is 19.3 Å². The quantitative estimate of drug-likeness (QED) is 0.292. The first-order chi connectivity index (χ1) is 12.2. The summed E-state index contributed by atoms with van der Waals surface area (Å²) in [6.07, 6.45) is -2.11. The number of ether oxygens (including phenoxy) is 4. The van der Waals surface area contributed by atoms with Gasteiger partial charge in [-0.25, -0.2) is 0 Å². The summed E-state index contributed by atoms with van der Waals surface area (Å²) in [5, 5.41) is 11.1. The van der Waals surface area contributed by atoms with Crippen molar-refractivity contribution in [3.8, 4) is 0 Å². The van der Waals surface area contributed by atoms with Gasteiger partial charge in [0.15, 0.2) is 6.10 Å². The second-order valence-electron chi connectivity index (χ2n) is 5.41. The standard InChI is InChI=1S/C14H17N3O9/c1-7(18)23-6-10-11(24-8(2)19)12(25-9(3)20)13(26-10)16-5-4-15-14(16)17(21)22/h4-5,10-13H,6H2,1-3H3/t10-,11-,12-,13?/m1/s1. The van der Waals surface area contributed by atoms with Crippen LogP contribution in [-0.4, -0.2) is 57.3 Å². The summed E-state index contributed by atoms with van der Waals surface area (Å²) in [6.45, 7) is 3.14. The maximum Gasteiger partial charge on any atom is 0.436 e. The van der Waals surface area contributed by atoms with Gasteiger partial charge in [0.1, 0.15) is 25.1 Å². The van der Waals surface area contributed by atoms with Crippen molar-refractivity contribution in [3.05, 3.63) is 22.5 Å². The molecule has 0 aromatic carbocycles. The number of esters is 3. The summed E-state index contributed by atoms with van der Waals surface area (Å²) in [5.74, 6) is -2.56. The minimum absolute atomic E-state index is 0.302. The van der Waals surface area contributed by atoms with E-state index in [0.29, 0.717) is 0 Å². The molecule has 12 heteroatoms. The average molecular weight is 371 g/mol. The fourth-order valence-corrected chi connectivity index (χ4v) is 2.56. The number of hydrogen-bond acceptors (Lipinski definition) is 10. The van der Waals surface area contributed by atoms with E-state index in [2.05, 4.69) is 4.98 Å². The highest BCUT2D eigenvalue weighted by molar-refractivity contribution is 5.68. The van der Waals surface area contributed by atoms with Crippen molar-refractivity contribution in [3.63, 3.8) is 0 Å². The Morgan fingerprint density at radius 1 is 1.19 bits per heavy atom. The molecule has 1 fully saturated rings. The largest absolute Gasteiger partial charge is 0.463 e. The third-order valence-corrected chi connectivity index (χ3v) is 3.43. The number of aromatic nitrogens is 2. The number of hydrogen-bond donors (Lipinski definition) is 0. The van der Waals surface area contributed by atoms with Gasteiger partial charge in [0.2, 0.25) is 12.3 Å². The van der Waals surface area contributed by atoms with Crippen LogP contribution in [0.1, 0.15) is 27.0 Å². The number of nitro groups is 1. The molecule has 12 nitrogen and oxygen atoms in total. The zero-order valence-corrected chi connectivity index (χ0v) is 14.2. The van der Waals surface area contributed by atoms with Crippen molar-refractivity contribution in [1.82, 2.24) is 9.55 Å². The summed E-state index contributed by atoms with van der Waals surface area (Å²) in [5.41, 5.74) is 0. The third kappa shape index (κ3) is 4.33.